The molecule has 136 valence electrons. The number of aryl methyl sites for hydroxylation is 1. The van der Waals surface area contributed by atoms with Crippen LogP contribution >= 0.6 is 0 Å². The minimum atomic E-state index is -3.87. The maximum atomic E-state index is 12.3. The molecule has 0 radical (unpaired) electrons. The number of para-hydroxylation sites is 1. The molecule has 0 aliphatic rings. The zero-order chi connectivity index (χ0) is 18.9. The summed E-state index contributed by atoms with van der Waals surface area (Å²) in [7, 11) is -3.87. The molecule has 1 amide bonds. The molecular formula is C19H20N2O4S. The predicted molar refractivity (Wildman–Crippen MR) is 99.3 cm³/mol. The molecule has 0 aliphatic carbocycles. The Hall–Kier alpha value is -2.64. The molecule has 0 atom stereocenters. The lowest BCUT2D eigenvalue weighted by Gasteiger charge is -2.09. The van der Waals surface area contributed by atoms with E-state index in [-0.39, 0.29) is 10.7 Å². The first-order valence-corrected chi connectivity index (χ1v) is 9.68. The van der Waals surface area contributed by atoms with E-state index in [4.69, 9.17) is 4.42 Å². The minimum Gasteiger partial charge on any atom is -0.451 e. The van der Waals surface area contributed by atoms with E-state index < -0.39 is 15.9 Å². The normalized spacial score (nSPS) is 11.8. The van der Waals surface area contributed by atoms with E-state index in [9.17, 15) is 13.2 Å². The van der Waals surface area contributed by atoms with E-state index >= 15 is 0 Å². The van der Waals surface area contributed by atoms with Gasteiger partial charge in [0.1, 0.15) is 5.58 Å². The number of fused-ring (bicyclic) bond motifs is 1. The van der Waals surface area contributed by atoms with Gasteiger partial charge in [-0.2, -0.15) is 0 Å². The van der Waals surface area contributed by atoms with E-state index in [2.05, 4.69) is 10.3 Å². The molecule has 0 fully saturated rings. The molecule has 0 saturated carbocycles. The summed E-state index contributed by atoms with van der Waals surface area (Å²) in [5.41, 5.74) is 4.46. The molecule has 3 aromatic rings. The van der Waals surface area contributed by atoms with Gasteiger partial charge in [0, 0.05) is 10.9 Å². The van der Waals surface area contributed by atoms with Crippen LogP contribution in [-0.2, 0) is 10.0 Å². The number of hydrogen-bond acceptors (Lipinski definition) is 4. The van der Waals surface area contributed by atoms with Crippen molar-refractivity contribution >= 4 is 26.9 Å². The third-order valence-corrected chi connectivity index (χ3v) is 5.47. The predicted octanol–water partition coefficient (Wildman–Crippen LogP) is 3.49. The molecule has 0 bridgehead atoms. The average Bonchev–Trinajstić information content (AvgIpc) is 2.97. The quantitative estimate of drug-likeness (QED) is 0.671. The van der Waals surface area contributed by atoms with Crippen molar-refractivity contribution in [1.29, 1.82) is 0 Å². The summed E-state index contributed by atoms with van der Waals surface area (Å²) >= 11 is 0. The number of furan rings is 1. The van der Waals surface area contributed by atoms with Gasteiger partial charge in [-0.15, -0.1) is 4.83 Å². The van der Waals surface area contributed by atoms with Crippen LogP contribution in [0.1, 0.15) is 41.4 Å². The molecule has 2 aromatic carbocycles. The fourth-order valence-electron chi connectivity index (χ4n) is 2.65. The van der Waals surface area contributed by atoms with E-state index in [1.807, 2.05) is 26.0 Å². The molecule has 0 aliphatic heterocycles. The van der Waals surface area contributed by atoms with Gasteiger partial charge in [-0.05, 0) is 36.6 Å². The number of carbonyl (C=O) groups is 1. The number of carbonyl (C=O) groups excluding carboxylic acids is 1. The highest BCUT2D eigenvalue weighted by Crippen LogP contribution is 2.24. The number of sulfonamides is 1. The fourth-order valence-corrected chi connectivity index (χ4v) is 3.49. The van der Waals surface area contributed by atoms with Gasteiger partial charge in [0.2, 0.25) is 0 Å². The summed E-state index contributed by atoms with van der Waals surface area (Å²) in [5.74, 6) is -0.277. The van der Waals surface area contributed by atoms with Gasteiger partial charge >= 0.3 is 5.91 Å². The van der Waals surface area contributed by atoms with Gasteiger partial charge in [0.15, 0.2) is 5.76 Å². The number of hydrogen-bond donors (Lipinski definition) is 2. The first kappa shape index (κ1) is 18.2. The summed E-state index contributed by atoms with van der Waals surface area (Å²) in [5, 5.41) is 0.810. The molecule has 0 spiro atoms. The van der Waals surface area contributed by atoms with E-state index in [0.717, 1.165) is 10.9 Å². The van der Waals surface area contributed by atoms with Crippen molar-refractivity contribution in [1.82, 2.24) is 10.3 Å². The van der Waals surface area contributed by atoms with Crippen LogP contribution in [0.2, 0.25) is 0 Å². The number of nitrogens with one attached hydrogen (secondary N) is 2. The number of amides is 1. The Labute approximate surface area is 152 Å². The minimum absolute atomic E-state index is 0.0727. The van der Waals surface area contributed by atoms with Crippen LogP contribution in [-0.4, -0.2) is 14.3 Å². The molecule has 1 aromatic heterocycles. The number of rotatable bonds is 5. The zero-order valence-corrected chi connectivity index (χ0v) is 15.6. The first-order valence-electron chi connectivity index (χ1n) is 8.20. The average molecular weight is 372 g/mol. The SMILES string of the molecule is Cc1c(C(=O)NNS(=O)(=O)c2ccc(C(C)C)cc2)oc2ccccc12. The first-order chi connectivity index (χ1) is 12.3. The van der Waals surface area contributed by atoms with Crippen molar-refractivity contribution in [2.24, 2.45) is 0 Å². The lowest BCUT2D eigenvalue weighted by atomic mass is 10.0. The lowest BCUT2D eigenvalue weighted by Crippen LogP contribution is -2.41. The van der Waals surface area contributed by atoms with E-state index in [1.165, 1.54) is 12.1 Å². The Morgan fingerprint density at radius 2 is 1.69 bits per heavy atom. The van der Waals surface area contributed by atoms with Gasteiger partial charge in [-0.1, -0.05) is 44.2 Å². The monoisotopic (exact) mass is 372 g/mol. The Morgan fingerprint density at radius 3 is 2.31 bits per heavy atom. The third-order valence-electron chi connectivity index (χ3n) is 4.21. The highest BCUT2D eigenvalue weighted by molar-refractivity contribution is 7.89. The van der Waals surface area contributed by atoms with Gasteiger partial charge in [0.05, 0.1) is 4.90 Å². The molecule has 2 N–H and O–H groups in total. The second-order valence-electron chi connectivity index (χ2n) is 6.34. The maximum Gasteiger partial charge on any atom is 0.302 e. The molecule has 6 nitrogen and oxygen atoms in total. The van der Waals surface area contributed by atoms with Crippen molar-refractivity contribution < 1.29 is 17.6 Å². The second-order valence-corrected chi connectivity index (χ2v) is 8.02. The van der Waals surface area contributed by atoms with Crippen LogP contribution in [0.3, 0.4) is 0 Å². The Kier molecular flexibility index (Phi) is 4.84. The molecular weight excluding hydrogens is 352 g/mol. The Morgan fingerprint density at radius 1 is 1.04 bits per heavy atom. The van der Waals surface area contributed by atoms with Gasteiger partial charge in [-0.3, -0.25) is 10.2 Å². The highest BCUT2D eigenvalue weighted by atomic mass is 32.2. The molecule has 1 heterocycles. The summed E-state index contributed by atoms with van der Waals surface area (Å²) < 4.78 is 30.2. The van der Waals surface area contributed by atoms with Crippen molar-refractivity contribution in [3.05, 3.63) is 65.4 Å². The largest absolute Gasteiger partial charge is 0.451 e. The Balaban J connectivity index is 1.76. The van der Waals surface area contributed by atoms with Crippen LogP contribution in [0, 0.1) is 6.92 Å². The summed E-state index contributed by atoms with van der Waals surface area (Å²) in [6.07, 6.45) is 0. The molecule has 0 unspecified atom stereocenters. The summed E-state index contributed by atoms with van der Waals surface area (Å²) in [4.78, 5) is 14.5. The highest BCUT2D eigenvalue weighted by Gasteiger charge is 2.20. The standard InChI is InChI=1S/C19H20N2O4S/c1-12(2)14-8-10-15(11-9-14)26(23,24)21-20-19(22)18-13(3)16-6-4-5-7-17(16)25-18/h4-12,21H,1-3H3,(H,20,22). The molecule has 0 saturated heterocycles. The topological polar surface area (TPSA) is 88.4 Å². The van der Waals surface area contributed by atoms with Crippen LogP contribution in [0.4, 0.5) is 0 Å². The molecule has 7 heteroatoms. The van der Waals surface area contributed by atoms with E-state index in [1.54, 1.807) is 31.2 Å². The van der Waals surface area contributed by atoms with Crippen LogP contribution in [0.25, 0.3) is 11.0 Å². The zero-order valence-electron chi connectivity index (χ0n) is 14.7. The summed E-state index contributed by atoms with van der Waals surface area (Å²) in [6.45, 7) is 5.80. The van der Waals surface area contributed by atoms with Crippen molar-refractivity contribution in [2.45, 2.75) is 31.6 Å². The molecule has 3 rings (SSSR count). The van der Waals surface area contributed by atoms with Crippen LogP contribution < -0.4 is 10.3 Å². The van der Waals surface area contributed by atoms with Gasteiger partial charge in [-0.25, -0.2) is 8.42 Å². The molecule has 26 heavy (non-hydrogen) atoms. The van der Waals surface area contributed by atoms with Crippen LogP contribution in [0.15, 0.2) is 57.8 Å². The Bertz CT molecular complexity index is 1050. The van der Waals surface area contributed by atoms with Crippen LogP contribution in [0.5, 0.6) is 0 Å². The second kappa shape index (κ2) is 6.93. The smallest absolute Gasteiger partial charge is 0.302 e. The number of benzene rings is 2. The van der Waals surface area contributed by atoms with Crippen molar-refractivity contribution in [3.63, 3.8) is 0 Å². The van der Waals surface area contributed by atoms with Gasteiger partial charge in [0.25, 0.3) is 10.0 Å². The third kappa shape index (κ3) is 3.49. The van der Waals surface area contributed by atoms with Gasteiger partial charge < -0.3 is 4.42 Å². The van der Waals surface area contributed by atoms with E-state index in [0.29, 0.717) is 17.1 Å². The number of hydrazine groups is 1. The summed E-state index contributed by atoms with van der Waals surface area (Å²) in [6, 6.07) is 13.8. The van der Waals surface area contributed by atoms with Crippen molar-refractivity contribution in [3.8, 4) is 0 Å². The maximum absolute atomic E-state index is 12.3. The lowest BCUT2D eigenvalue weighted by molar-refractivity contribution is 0.0918. The fraction of sp³-hybridized carbons (Fsp3) is 0.211. The van der Waals surface area contributed by atoms with Crippen molar-refractivity contribution in [2.75, 3.05) is 0 Å².